The van der Waals surface area contributed by atoms with Gasteiger partial charge in [0.1, 0.15) is 0 Å². The van der Waals surface area contributed by atoms with Gasteiger partial charge in [-0.2, -0.15) is 0 Å². The number of fused-ring (bicyclic) bond motifs is 10. The number of nitrogens with zero attached hydrogens (tertiary/aromatic N) is 2. The lowest BCUT2D eigenvalue weighted by Gasteiger charge is -2.35. The molecule has 0 spiro atoms. The van der Waals surface area contributed by atoms with Crippen LogP contribution in [-0.4, -0.2) is 15.9 Å². The second kappa shape index (κ2) is 7.88. The van der Waals surface area contributed by atoms with Gasteiger partial charge in [0.15, 0.2) is 0 Å². The largest absolute Gasteiger partial charge is 0.375 e. The molecular weight excluding hydrogens is 555 g/mol. The van der Waals surface area contributed by atoms with Gasteiger partial charge in [0, 0.05) is 43.8 Å². The molecule has 0 radical (unpaired) electrons. The molecule has 0 N–H and O–H groups in total. The Hall–Kier alpha value is -5.80. The first-order chi connectivity index (χ1) is 22.8. The highest BCUT2D eigenvalue weighted by Crippen LogP contribution is 2.48. The topological polar surface area (TPSA) is 9.86 Å². The molecule has 2 nitrogen and oxygen atoms in total. The zero-order valence-electron chi connectivity index (χ0n) is 25.2. The smallest absolute Gasteiger partial charge is 0.333 e. The molecule has 0 saturated heterocycles. The molecule has 0 unspecified atom stereocenters. The van der Waals surface area contributed by atoms with Gasteiger partial charge in [0.25, 0.3) is 0 Å². The molecular formula is C43H25BN2. The third kappa shape index (κ3) is 2.54. The van der Waals surface area contributed by atoms with Crippen molar-refractivity contribution in [3.63, 3.8) is 0 Å². The fraction of sp³-hybridized carbons (Fsp3) is 0.0233. The van der Waals surface area contributed by atoms with E-state index in [2.05, 4.69) is 149 Å². The van der Waals surface area contributed by atoms with Gasteiger partial charge < -0.3 is 9.05 Å². The third-order valence-electron chi connectivity index (χ3n) is 11.2. The van der Waals surface area contributed by atoms with Crippen LogP contribution >= 0.6 is 0 Å². The van der Waals surface area contributed by atoms with E-state index in [1.807, 2.05) is 0 Å². The maximum atomic E-state index is 2.69. The maximum Gasteiger partial charge on any atom is 0.333 e. The molecule has 10 aromatic rings. The Morgan fingerprint density at radius 2 is 1.26 bits per heavy atom. The maximum absolute atomic E-state index is 2.69. The molecule has 210 valence electrons. The van der Waals surface area contributed by atoms with Gasteiger partial charge in [-0.25, -0.2) is 0 Å². The average molecular weight is 580 g/mol. The average Bonchev–Trinajstić information content (AvgIpc) is 3.64. The summed E-state index contributed by atoms with van der Waals surface area (Å²) < 4.78 is 5.30. The standard InChI is InChI=1S/C43H25BN2/c1-24-32(25-9-3-2-4-10-25)23-36-41-37(24)30-14-8-15-31-40-29-13-6-5-11-26(29)20-22-35(40)46(42(30)31)44(41)33-21-19-28-18-17-27-12-7-16-34-38(27)39(28)43(33)45(34)36/h2-23H,1H3. The predicted molar refractivity (Wildman–Crippen MR) is 196 cm³/mol. The van der Waals surface area contributed by atoms with Crippen LogP contribution in [-0.2, 0) is 0 Å². The van der Waals surface area contributed by atoms with Crippen molar-refractivity contribution in [3.05, 3.63) is 139 Å². The fourth-order valence-corrected chi connectivity index (χ4v) is 9.47. The van der Waals surface area contributed by atoms with Crippen molar-refractivity contribution < 1.29 is 0 Å². The highest BCUT2D eigenvalue weighted by atomic mass is 15.0. The van der Waals surface area contributed by atoms with Crippen molar-refractivity contribution in [1.82, 2.24) is 9.05 Å². The van der Waals surface area contributed by atoms with Gasteiger partial charge in [-0.05, 0) is 79.8 Å². The summed E-state index contributed by atoms with van der Waals surface area (Å²) in [6.07, 6.45) is 0. The van der Waals surface area contributed by atoms with Gasteiger partial charge in [0.2, 0.25) is 0 Å². The highest BCUT2D eigenvalue weighted by Gasteiger charge is 2.42. The molecule has 2 aliphatic rings. The van der Waals surface area contributed by atoms with E-state index in [-0.39, 0.29) is 6.85 Å². The normalized spacial score (nSPS) is 13.3. The third-order valence-corrected chi connectivity index (χ3v) is 11.2. The fourth-order valence-electron chi connectivity index (χ4n) is 9.47. The van der Waals surface area contributed by atoms with E-state index in [4.69, 9.17) is 0 Å². The molecule has 0 bridgehead atoms. The second-order valence-electron chi connectivity index (χ2n) is 13.3. The molecule has 0 atom stereocenters. The molecule has 8 aromatic carbocycles. The molecule has 0 fully saturated rings. The van der Waals surface area contributed by atoms with Crippen LogP contribution in [0.4, 0.5) is 0 Å². The quantitative estimate of drug-likeness (QED) is 0.135. The minimum atomic E-state index is 0.0600. The number of aromatic nitrogens is 2. The van der Waals surface area contributed by atoms with Crippen molar-refractivity contribution in [2.75, 3.05) is 0 Å². The molecule has 2 aromatic heterocycles. The SMILES string of the molecule is Cc1c(-c2ccccc2)cc2c3c1-c1cccc4c5c6ccccc6ccc5n(c14)B3c1ccc3ccc4cccc5c4c3c1n5-2. The lowest BCUT2D eigenvalue weighted by Crippen LogP contribution is -2.55. The number of benzene rings is 8. The molecule has 46 heavy (non-hydrogen) atoms. The zero-order valence-corrected chi connectivity index (χ0v) is 25.2. The van der Waals surface area contributed by atoms with Crippen molar-refractivity contribution in [2.24, 2.45) is 0 Å². The molecule has 0 amide bonds. The number of para-hydroxylation sites is 1. The Morgan fingerprint density at radius 1 is 0.522 bits per heavy atom. The van der Waals surface area contributed by atoms with Crippen LogP contribution in [0.2, 0.25) is 0 Å². The Morgan fingerprint density at radius 3 is 2.17 bits per heavy atom. The lowest BCUT2D eigenvalue weighted by molar-refractivity contribution is 1.17. The van der Waals surface area contributed by atoms with Crippen LogP contribution in [0.1, 0.15) is 5.56 Å². The van der Waals surface area contributed by atoms with E-state index < -0.39 is 0 Å². The van der Waals surface area contributed by atoms with E-state index in [0.717, 1.165) is 0 Å². The first-order valence-corrected chi connectivity index (χ1v) is 16.2. The molecule has 0 aliphatic carbocycles. The summed E-state index contributed by atoms with van der Waals surface area (Å²) >= 11 is 0. The summed E-state index contributed by atoms with van der Waals surface area (Å²) in [6, 6.07) is 50.2. The van der Waals surface area contributed by atoms with E-state index in [0.29, 0.717) is 0 Å². The van der Waals surface area contributed by atoms with Crippen molar-refractivity contribution in [1.29, 1.82) is 0 Å². The van der Waals surface area contributed by atoms with Crippen molar-refractivity contribution in [3.8, 4) is 27.9 Å². The Kier molecular flexibility index (Phi) is 4.04. The summed E-state index contributed by atoms with van der Waals surface area (Å²) in [5.74, 6) is 0. The monoisotopic (exact) mass is 580 g/mol. The number of rotatable bonds is 1. The van der Waals surface area contributed by atoms with Gasteiger partial charge in [-0.1, -0.05) is 115 Å². The molecule has 3 heteroatoms. The van der Waals surface area contributed by atoms with E-state index in [1.165, 1.54) is 110 Å². The minimum absolute atomic E-state index is 0.0600. The summed E-state index contributed by atoms with van der Waals surface area (Å²) in [6.45, 7) is 2.41. The number of hydrogen-bond donors (Lipinski definition) is 0. The van der Waals surface area contributed by atoms with E-state index >= 15 is 0 Å². The van der Waals surface area contributed by atoms with Crippen molar-refractivity contribution in [2.45, 2.75) is 6.92 Å². The van der Waals surface area contributed by atoms with Crippen LogP contribution < -0.4 is 10.9 Å². The highest BCUT2D eigenvalue weighted by molar-refractivity contribution is 6.90. The summed E-state index contributed by atoms with van der Waals surface area (Å²) in [4.78, 5) is 0. The second-order valence-corrected chi connectivity index (χ2v) is 13.3. The van der Waals surface area contributed by atoms with Gasteiger partial charge >= 0.3 is 6.85 Å². The Labute approximate surface area is 265 Å². The molecule has 4 heterocycles. The van der Waals surface area contributed by atoms with Crippen molar-refractivity contribution >= 4 is 82.9 Å². The minimum Gasteiger partial charge on any atom is -0.375 e. The first kappa shape index (κ1) is 23.6. The summed E-state index contributed by atoms with van der Waals surface area (Å²) in [7, 11) is 0. The van der Waals surface area contributed by atoms with E-state index in [1.54, 1.807) is 0 Å². The zero-order chi connectivity index (χ0) is 29.8. The summed E-state index contributed by atoms with van der Waals surface area (Å²) in [5, 5.41) is 10.7. The van der Waals surface area contributed by atoms with Gasteiger partial charge in [-0.3, -0.25) is 0 Å². The lowest BCUT2D eigenvalue weighted by atomic mass is 9.45. The van der Waals surface area contributed by atoms with Gasteiger partial charge in [-0.15, -0.1) is 0 Å². The molecule has 2 aliphatic heterocycles. The van der Waals surface area contributed by atoms with Crippen LogP contribution in [0, 0.1) is 6.92 Å². The van der Waals surface area contributed by atoms with Crippen LogP contribution in [0.5, 0.6) is 0 Å². The Bertz CT molecular complexity index is 2980. The van der Waals surface area contributed by atoms with Crippen LogP contribution in [0.15, 0.2) is 133 Å². The molecule has 12 rings (SSSR count). The van der Waals surface area contributed by atoms with Crippen LogP contribution in [0.25, 0.3) is 93.1 Å². The Balaban J connectivity index is 1.38. The van der Waals surface area contributed by atoms with Crippen LogP contribution in [0.3, 0.4) is 0 Å². The first-order valence-electron chi connectivity index (χ1n) is 16.2. The molecule has 0 saturated carbocycles. The predicted octanol–water partition coefficient (Wildman–Crippen LogP) is 9.56. The summed E-state index contributed by atoms with van der Waals surface area (Å²) in [5.41, 5.74) is 16.0. The number of hydrogen-bond acceptors (Lipinski definition) is 0. The van der Waals surface area contributed by atoms with E-state index in [9.17, 15) is 0 Å². The van der Waals surface area contributed by atoms with Gasteiger partial charge in [0.05, 0.1) is 11.0 Å².